The van der Waals surface area contributed by atoms with Gasteiger partial charge in [0.05, 0.1) is 20.8 Å². The van der Waals surface area contributed by atoms with Crippen molar-refractivity contribution < 1.29 is 23.5 Å². The summed E-state index contributed by atoms with van der Waals surface area (Å²) in [6.07, 6.45) is 0.417. The highest BCUT2D eigenvalue weighted by molar-refractivity contribution is 6.43. The third kappa shape index (κ3) is 4.64. The monoisotopic (exact) mass is 385 g/mol. The van der Waals surface area contributed by atoms with E-state index in [4.69, 9.17) is 9.47 Å². The van der Waals surface area contributed by atoms with Crippen LogP contribution >= 0.6 is 0 Å². The summed E-state index contributed by atoms with van der Waals surface area (Å²) in [6, 6.07) is 10.8. The fourth-order valence-electron chi connectivity index (χ4n) is 2.73. The Balaban J connectivity index is 1.75. The van der Waals surface area contributed by atoms with Gasteiger partial charge in [-0.1, -0.05) is 12.1 Å². The first kappa shape index (κ1) is 19.3. The van der Waals surface area contributed by atoms with Crippen molar-refractivity contribution in [3.63, 3.8) is 0 Å². The number of rotatable bonds is 6. The first-order valence-corrected chi connectivity index (χ1v) is 8.65. The second kappa shape index (κ2) is 8.51. The lowest BCUT2D eigenvalue weighted by Crippen LogP contribution is -2.36. The van der Waals surface area contributed by atoms with Crippen molar-refractivity contribution in [1.82, 2.24) is 5.01 Å². The van der Waals surface area contributed by atoms with E-state index in [0.717, 1.165) is 5.56 Å². The van der Waals surface area contributed by atoms with Gasteiger partial charge in [0, 0.05) is 36.7 Å². The maximum Gasteiger partial charge on any atom is 0.271 e. The molecule has 0 bridgehead atoms. The summed E-state index contributed by atoms with van der Waals surface area (Å²) < 4.78 is 23.4. The van der Waals surface area contributed by atoms with E-state index in [-0.39, 0.29) is 36.8 Å². The minimum atomic E-state index is -0.410. The number of anilines is 1. The molecule has 0 saturated heterocycles. The molecular weight excluding hydrogens is 365 g/mol. The Morgan fingerprint density at radius 1 is 1.11 bits per heavy atom. The number of carbonyl (C=O) groups is 2. The molecule has 0 unspecified atom stereocenters. The van der Waals surface area contributed by atoms with Crippen LogP contribution in [-0.4, -0.2) is 36.8 Å². The van der Waals surface area contributed by atoms with Gasteiger partial charge < -0.3 is 14.8 Å². The molecule has 2 aromatic carbocycles. The molecule has 7 nitrogen and oxygen atoms in total. The topological polar surface area (TPSA) is 80.2 Å². The molecule has 28 heavy (non-hydrogen) atoms. The van der Waals surface area contributed by atoms with Gasteiger partial charge in [-0.3, -0.25) is 9.59 Å². The second-order valence-corrected chi connectivity index (χ2v) is 6.18. The Hall–Kier alpha value is -3.42. The van der Waals surface area contributed by atoms with Crippen LogP contribution in [0.15, 0.2) is 47.6 Å². The van der Waals surface area contributed by atoms with Gasteiger partial charge in [0.15, 0.2) is 0 Å². The molecular formula is C20H20FN3O4. The van der Waals surface area contributed by atoms with Crippen LogP contribution in [0.25, 0.3) is 0 Å². The molecule has 2 aromatic rings. The first-order chi connectivity index (χ1) is 13.5. The van der Waals surface area contributed by atoms with Gasteiger partial charge in [-0.05, 0) is 17.7 Å². The molecule has 8 heteroatoms. The third-order valence-electron chi connectivity index (χ3n) is 4.22. The highest BCUT2D eigenvalue weighted by Gasteiger charge is 2.25. The van der Waals surface area contributed by atoms with Crippen LogP contribution in [-0.2, 0) is 16.1 Å². The van der Waals surface area contributed by atoms with Crippen molar-refractivity contribution in [3.05, 3.63) is 53.8 Å². The number of carbonyl (C=O) groups excluding carboxylic acids is 2. The van der Waals surface area contributed by atoms with Crippen LogP contribution < -0.4 is 14.8 Å². The van der Waals surface area contributed by atoms with Gasteiger partial charge >= 0.3 is 0 Å². The number of amides is 2. The third-order valence-corrected chi connectivity index (χ3v) is 4.22. The van der Waals surface area contributed by atoms with Gasteiger partial charge in [-0.25, -0.2) is 9.40 Å². The predicted molar refractivity (Wildman–Crippen MR) is 102 cm³/mol. The normalized spacial score (nSPS) is 13.8. The highest BCUT2D eigenvalue weighted by atomic mass is 19.1. The molecule has 0 spiro atoms. The van der Waals surface area contributed by atoms with Gasteiger partial charge in [-0.15, -0.1) is 0 Å². The number of halogens is 1. The zero-order chi connectivity index (χ0) is 20.1. The maximum absolute atomic E-state index is 13.0. The van der Waals surface area contributed by atoms with Gasteiger partial charge in [-0.2, -0.15) is 5.10 Å². The molecule has 3 rings (SSSR count). The van der Waals surface area contributed by atoms with E-state index in [9.17, 15) is 14.0 Å². The van der Waals surface area contributed by atoms with Crippen molar-refractivity contribution in [2.24, 2.45) is 5.10 Å². The van der Waals surface area contributed by atoms with E-state index in [0.29, 0.717) is 17.2 Å². The largest absolute Gasteiger partial charge is 0.497 e. The van der Waals surface area contributed by atoms with E-state index < -0.39 is 5.91 Å². The zero-order valence-corrected chi connectivity index (χ0v) is 15.6. The Morgan fingerprint density at radius 3 is 2.36 bits per heavy atom. The van der Waals surface area contributed by atoms with Crippen molar-refractivity contribution in [2.45, 2.75) is 19.4 Å². The van der Waals surface area contributed by atoms with Crippen LogP contribution in [0.2, 0.25) is 0 Å². The van der Waals surface area contributed by atoms with E-state index >= 15 is 0 Å². The Morgan fingerprint density at radius 2 is 1.75 bits per heavy atom. The molecule has 0 saturated carbocycles. The van der Waals surface area contributed by atoms with Crippen molar-refractivity contribution in [2.75, 3.05) is 19.5 Å². The fourth-order valence-corrected chi connectivity index (χ4v) is 2.73. The second-order valence-electron chi connectivity index (χ2n) is 6.18. The van der Waals surface area contributed by atoms with Crippen LogP contribution in [0.4, 0.5) is 10.1 Å². The quantitative estimate of drug-likeness (QED) is 0.829. The summed E-state index contributed by atoms with van der Waals surface area (Å²) in [7, 11) is 3.04. The molecule has 0 aliphatic carbocycles. The number of ether oxygens (including phenoxy) is 2. The molecule has 1 N–H and O–H groups in total. The molecule has 0 atom stereocenters. The molecule has 2 amide bonds. The minimum absolute atomic E-state index is 0.170. The highest BCUT2D eigenvalue weighted by Crippen LogP contribution is 2.26. The van der Waals surface area contributed by atoms with E-state index in [1.165, 1.54) is 31.4 Å². The van der Waals surface area contributed by atoms with Gasteiger partial charge in [0.25, 0.3) is 5.91 Å². The maximum atomic E-state index is 13.0. The number of hydrazone groups is 1. The minimum Gasteiger partial charge on any atom is -0.497 e. The summed E-state index contributed by atoms with van der Waals surface area (Å²) in [5, 5.41) is 8.18. The Labute approximate surface area is 161 Å². The van der Waals surface area contributed by atoms with Crippen LogP contribution in [0.3, 0.4) is 0 Å². The Kier molecular flexibility index (Phi) is 5.88. The Bertz CT molecular complexity index is 890. The van der Waals surface area contributed by atoms with E-state index in [1.54, 1.807) is 30.3 Å². The average molecular weight is 385 g/mol. The zero-order valence-electron chi connectivity index (χ0n) is 15.6. The number of benzene rings is 2. The average Bonchev–Trinajstić information content (AvgIpc) is 2.70. The number of nitrogens with one attached hydrogen (secondary N) is 1. The van der Waals surface area contributed by atoms with Crippen molar-refractivity contribution in [3.8, 4) is 11.5 Å². The summed E-state index contributed by atoms with van der Waals surface area (Å²) >= 11 is 0. The molecule has 0 aromatic heterocycles. The van der Waals surface area contributed by atoms with E-state index in [2.05, 4.69) is 10.4 Å². The molecule has 1 aliphatic heterocycles. The number of methoxy groups -OCH3 is 2. The lowest BCUT2D eigenvalue weighted by atomic mass is 10.1. The number of hydrogen-bond donors (Lipinski definition) is 1. The molecule has 1 aliphatic rings. The SMILES string of the molecule is COc1cc(NC(=O)C2=NN(Cc3ccc(F)cc3)C(=O)CC2)cc(OC)c1. The van der Waals surface area contributed by atoms with Crippen LogP contribution in [0.5, 0.6) is 11.5 Å². The fraction of sp³-hybridized carbons (Fsp3) is 0.250. The number of nitrogens with zero attached hydrogens (tertiary/aromatic N) is 2. The molecule has 146 valence electrons. The predicted octanol–water partition coefficient (Wildman–Crippen LogP) is 2.96. The molecule has 0 fully saturated rings. The summed E-state index contributed by atoms with van der Waals surface area (Å²) in [6.45, 7) is 0.170. The lowest BCUT2D eigenvalue weighted by molar-refractivity contribution is -0.132. The van der Waals surface area contributed by atoms with Gasteiger partial charge in [0.1, 0.15) is 23.0 Å². The summed E-state index contributed by atoms with van der Waals surface area (Å²) in [4.78, 5) is 24.7. The van der Waals surface area contributed by atoms with Crippen molar-refractivity contribution >= 4 is 23.2 Å². The lowest BCUT2D eigenvalue weighted by Gasteiger charge is -2.23. The molecule has 1 heterocycles. The van der Waals surface area contributed by atoms with Crippen LogP contribution in [0.1, 0.15) is 18.4 Å². The summed E-state index contributed by atoms with van der Waals surface area (Å²) in [5.41, 5.74) is 1.45. The molecule has 0 radical (unpaired) electrons. The van der Waals surface area contributed by atoms with Crippen molar-refractivity contribution in [1.29, 1.82) is 0 Å². The van der Waals surface area contributed by atoms with E-state index in [1.807, 2.05) is 0 Å². The standard InChI is InChI=1S/C20H20FN3O4/c1-27-16-9-15(10-17(11-16)28-2)22-20(26)18-7-8-19(25)24(23-18)12-13-3-5-14(21)6-4-13/h3-6,9-11H,7-8,12H2,1-2H3,(H,22,26). The van der Waals surface area contributed by atoms with Crippen LogP contribution in [0, 0.1) is 5.82 Å². The smallest absolute Gasteiger partial charge is 0.271 e. The van der Waals surface area contributed by atoms with Gasteiger partial charge in [0.2, 0.25) is 5.91 Å². The first-order valence-electron chi connectivity index (χ1n) is 8.65. The number of hydrogen-bond acceptors (Lipinski definition) is 5. The summed E-state index contributed by atoms with van der Waals surface area (Å²) in [5.74, 6) is 0.114.